The molecule has 0 amide bonds. The van der Waals surface area contributed by atoms with Gasteiger partial charge in [0, 0.05) is 44.6 Å². The molecule has 1 N–H and O–H groups in total. The van der Waals surface area contributed by atoms with Gasteiger partial charge in [0.1, 0.15) is 0 Å². The Morgan fingerprint density at radius 2 is 2.00 bits per heavy atom. The van der Waals surface area contributed by atoms with Crippen LogP contribution in [0.25, 0.3) is 0 Å². The summed E-state index contributed by atoms with van der Waals surface area (Å²) in [5.41, 5.74) is -0.0125. The molecule has 1 aromatic rings. The molecule has 6 heteroatoms. The number of aromatic nitrogens is 2. The molecular formula is C17H28N4O2. The van der Waals surface area contributed by atoms with Crippen LogP contribution in [0.4, 0.5) is 5.82 Å². The van der Waals surface area contributed by atoms with Gasteiger partial charge in [-0.05, 0) is 39.5 Å². The summed E-state index contributed by atoms with van der Waals surface area (Å²) in [5.74, 6) is 0.579. The van der Waals surface area contributed by atoms with E-state index < -0.39 is 0 Å². The molecule has 0 bridgehead atoms. The summed E-state index contributed by atoms with van der Waals surface area (Å²) in [6.07, 6.45) is 8.41. The molecule has 3 heterocycles. The Hall–Kier alpha value is -1.40. The highest BCUT2D eigenvalue weighted by atomic mass is 16.5. The third-order valence-electron chi connectivity index (χ3n) is 4.89. The number of nitrogens with one attached hydrogen (secondary N) is 1. The fourth-order valence-corrected chi connectivity index (χ4v) is 3.88. The van der Waals surface area contributed by atoms with Crippen molar-refractivity contribution in [3.05, 3.63) is 22.7 Å². The molecule has 2 saturated heterocycles. The molecule has 23 heavy (non-hydrogen) atoms. The van der Waals surface area contributed by atoms with Crippen LogP contribution in [0.1, 0.15) is 39.5 Å². The van der Waals surface area contributed by atoms with Crippen molar-refractivity contribution >= 4 is 5.82 Å². The monoisotopic (exact) mass is 320 g/mol. The predicted molar refractivity (Wildman–Crippen MR) is 90.9 cm³/mol. The summed E-state index contributed by atoms with van der Waals surface area (Å²) in [6, 6.07) is 0.920. The maximum atomic E-state index is 12.3. The zero-order valence-electron chi connectivity index (χ0n) is 14.4. The number of aryl methyl sites for hydroxylation is 1. The number of nitrogens with zero attached hydrogens (tertiary/aromatic N) is 3. The van der Waals surface area contributed by atoms with E-state index in [1.54, 1.807) is 24.0 Å². The van der Waals surface area contributed by atoms with Gasteiger partial charge in [-0.1, -0.05) is 0 Å². The Labute approximate surface area is 137 Å². The molecule has 0 spiro atoms. The van der Waals surface area contributed by atoms with Gasteiger partial charge in [0.05, 0.1) is 12.2 Å². The maximum Gasteiger partial charge on any atom is 0.293 e. The lowest BCUT2D eigenvalue weighted by atomic mass is 9.97. The Morgan fingerprint density at radius 3 is 2.74 bits per heavy atom. The van der Waals surface area contributed by atoms with Crippen molar-refractivity contribution in [2.24, 2.45) is 7.05 Å². The van der Waals surface area contributed by atoms with E-state index in [9.17, 15) is 4.79 Å². The number of ether oxygens (including phenoxy) is 1. The molecule has 0 radical (unpaired) electrons. The highest BCUT2D eigenvalue weighted by Crippen LogP contribution is 2.21. The van der Waals surface area contributed by atoms with Gasteiger partial charge in [0.2, 0.25) is 0 Å². The van der Waals surface area contributed by atoms with Gasteiger partial charge >= 0.3 is 0 Å². The molecule has 0 aromatic carbocycles. The maximum absolute atomic E-state index is 12.3. The Morgan fingerprint density at radius 1 is 1.26 bits per heavy atom. The minimum atomic E-state index is -0.0125. The molecule has 1 unspecified atom stereocenters. The number of anilines is 1. The van der Waals surface area contributed by atoms with Crippen molar-refractivity contribution in [3.8, 4) is 0 Å². The number of hydrogen-bond acceptors (Lipinski definition) is 5. The van der Waals surface area contributed by atoms with Crippen LogP contribution >= 0.6 is 0 Å². The summed E-state index contributed by atoms with van der Waals surface area (Å²) >= 11 is 0. The van der Waals surface area contributed by atoms with E-state index in [1.807, 2.05) is 0 Å². The second-order valence-corrected chi connectivity index (χ2v) is 7.04. The standard InChI is InChI=1S/C17H28N4O2/c1-12-9-15(10-13(2)23-12)19-14-5-4-7-21(11-14)16-17(22)20(3)8-6-18-16/h6,8,12-15,19H,4-5,7,9-11H2,1-3H3/t12-,13+,14-,15?/m0/s1. The van der Waals surface area contributed by atoms with Gasteiger partial charge in [-0.2, -0.15) is 0 Å². The van der Waals surface area contributed by atoms with Crippen LogP contribution in [0.3, 0.4) is 0 Å². The van der Waals surface area contributed by atoms with Crippen LogP contribution in [-0.4, -0.2) is 46.9 Å². The number of rotatable bonds is 3. The van der Waals surface area contributed by atoms with E-state index in [-0.39, 0.29) is 5.56 Å². The number of piperidine rings is 1. The minimum absolute atomic E-state index is 0.0125. The third kappa shape index (κ3) is 3.93. The molecular weight excluding hydrogens is 292 g/mol. The molecule has 1 aromatic heterocycles. The average Bonchev–Trinajstić information content (AvgIpc) is 2.49. The summed E-state index contributed by atoms with van der Waals surface area (Å²) < 4.78 is 7.42. The molecule has 0 saturated carbocycles. The Kier molecular flexibility index (Phi) is 5.02. The zero-order chi connectivity index (χ0) is 16.4. The fraction of sp³-hybridized carbons (Fsp3) is 0.765. The SMILES string of the molecule is C[C@@H]1CC(N[C@H]2CCCN(c3nccn(C)c3=O)C2)C[C@H](C)O1. The Balaban J connectivity index is 1.64. The van der Waals surface area contributed by atoms with E-state index in [2.05, 4.69) is 29.0 Å². The first-order chi connectivity index (χ1) is 11.0. The van der Waals surface area contributed by atoms with Crippen LogP contribution in [0.5, 0.6) is 0 Å². The van der Waals surface area contributed by atoms with Gasteiger partial charge in [-0.3, -0.25) is 4.79 Å². The lowest BCUT2D eigenvalue weighted by molar-refractivity contribution is -0.0437. The topological polar surface area (TPSA) is 59.4 Å². The largest absolute Gasteiger partial charge is 0.375 e. The smallest absolute Gasteiger partial charge is 0.293 e. The van der Waals surface area contributed by atoms with Crippen molar-refractivity contribution < 1.29 is 4.74 Å². The lowest BCUT2D eigenvalue weighted by Crippen LogP contribution is -2.53. The van der Waals surface area contributed by atoms with E-state index in [0.717, 1.165) is 38.8 Å². The molecule has 3 rings (SSSR count). The van der Waals surface area contributed by atoms with Crippen LogP contribution in [0.15, 0.2) is 17.2 Å². The van der Waals surface area contributed by atoms with Crippen molar-refractivity contribution in [1.29, 1.82) is 0 Å². The van der Waals surface area contributed by atoms with Crippen LogP contribution in [0, 0.1) is 0 Å². The zero-order valence-corrected chi connectivity index (χ0v) is 14.4. The molecule has 2 aliphatic heterocycles. The van der Waals surface area contributed by atoms with Crippen molar-refractivity contribution in [2.75, 3.05) is 18.0 Å². The van der Waals surface area contributed by atoms with Crippen LogP contribution in [-0.2, 0) is 11.8 Å². The fourth-order valence-electron chi connectivity index (χ4n) is 3.88. The second kappa shape index (κ2) is 7.01. The van der Waals surface area contributed by atoms with Crippen LogP contribution < -0.4 is 15.8 Å². The molecule has 2 fully saturated rings. The van der Waals surface area contributed by atoms with Gasteiger partial charge in [-0.15, -0.1) is 0 Å². The molecule has 2 aliphatic rings. The van der Waals surface area contributed by atoms with E-state index in [0.29, 0.717) is 30.1 Å². The summed E-state index contributed by atoms with van der Waals surface area (Å²) in [4.78, 5) is 18.7. The first-order valence-electron chi connectivity index (χ1n) is 8.71. The molecule has 128 valence electrons. The molecule has 0 aliphatic carbocycles. The van der Waals surface area contributed by atoms with Crippen molar-refractivity contribution in [2.45, 2.75) is 63.8 Å². The van der Waals surface area contributed by atoms with Gasteiger partial charge in [0.15, 0.2) is 5.82 Å². The van der Waals surface area contributed by atoms with Gasteiger partial charge < -0.3 is 19.5 Å². The summed E-state index contributed by atoms with van der Waals surface area (Å²) in [6.45, 7) is 6.06. The predicted octanol–water partition coefficient (Wildman–Crippen LogP) is 1.29. The summed E-state index contributed by atoms with van der Waals surface area (Å²) in [7, 11) is 1.78. The number of hydrogen-bond donors (Lipinski definition) is 1. The minimum Gasteiger partial charge on any atom is -0.375 e. The normalized spacial score (nSPS) is 32.0. The van der Waals surface area contributed by atoms with E-state index in [4.69, 9.17) is 4.74 Å². The van der Waals surface area contributed by atoms with E-state index >= 15 is 0 Å². The first kappa shape index (κ1) is 16.5. The average molecular weight is 320 g/mol. The van der Waals surface area contributed by atoms with Crippen LogP contribution in [0.2, 0.25) is 0 Å². The van der Waals surface area contributed by atoms with Gasteiger partial charge in [0.25, 0.3) is 5.56 Å². The molecule has 4 atom stereocenters. The Bertz CT molecular complexity index is 578. The summed E-state index contributed by atoms with van der Waals surface area (Å²) in [5, 5.41) is 3.79. The van der Waals surface area contributed by atoms with Gasteiger partial charge in [-0.25, -0.2) is 4.98 Å². The quantitative estimate of drug-likeness (QED) is 0.909. The van der Waals surface area contributed by atoms with Crippen molar-refractivity contribution in [3.63, 3.8) is 0 Å². The highest BCUT2D eigenvalue weighted by molar-refractivity contribution is 5.36. The molecule has 6 nitrogen and oxygen atoms in total. The third-order valence-corrected chi connectivity index (χ3v) is 4.89. The first-order valence-corrected chi connectivity index (χ1v) is 8.71. The lowest BCUT2D eigenvalue weighted by Gasteiger charge is -2.39. The van der Waals surface area contributed by atoms with E-state index in [1.165, 1.54) is 0 Å². The second-order valence-electron chi connectivity index (χ2n) is 7.04. The highest BCUT2D eigenvalue weighted by Gasteiger charge is 2.29. The van der Waals surface area contributed by atoms with Crippen molar-refractivity contribution in [1.82, 2.24) is 14.9 Å².